The molecule has 0 fully saturated rings. The number of likely N-dealkylation sites (N-methyl/N-ethyl adjacent to an activating group) is 1. The van der Waals surface area contributed by atoms with Crippen molar-refractivity contribution in [1.29, 1.82) is 0 Å². The Labute approximate surface area is 128 Å². The zero-order valence-corrected chi connectivity index (χ0v) is 13.6. The van der Waals surface area contributed by atoms with Gasteiger partial charge in [0.1, 0.15) is 0 Å². The van der Waals surface area contributed by atoms with Crippen molar-refractivity contribution < 1.29 is 4.79 Å². The molecule has 1 aromatic rings. The van der Waals surface area contributed by atoms with Crippen LogP contribution in [0.1, 0.15) is 39.2 Å². The van der Waals surface area contributed by atoms with Gasteiger partial charge in [0.25, 0.3) is 0 Å². The minimum absolute atomic E-state index is 0. The van der Waals surface area contributed by atoms with Gasteiger partial charge in [-0.15, -0.1) is 12.4 Å². The molecule has 0 aliphatic carbocycles. The Hall–Kier alpha value is -1.22. The first-order valence-electron chi connectivity index (χ1n) is 7.22. The number of nitrogens with zero attached hydrogens (tertiary/aromatic N) is 1. The van der Waals surface area contributed by atoms with Crippen LogP contribution in [-0.2, 0) is 11.2 Å². The van der Waals surface area contributed by atoms with Gasteiger partial charge in [-0.2, -0.15) is 0 Å². The molecule has 0 aliphatic rings. The second-order valence-electron chi connectivity index (χ2n) is 5.03. The van der Waals surface area contributed by atoms with E-state index < -0.39 is 0 Å². The van der Waals surface area contributed by atoms with Crippen LogP contribution >= 0.6 is 12.4 Å². The van der Waals surface area contributed by atoms with E-state index in [1.807, 2.05) is 36.1 Å². The van der Waals surface area contributed by atoms with Gasteiger partial charge in [0.05, 0.1) is 6.42 Å². The Bertz CT molecular complexity index is 388. The Morgan fingerprint density at radius 3 is 2.15 bits per heavy atom. The van der Waals surface area contributed by atoms with E-state index in [1.165, 1.54) is 0 Å². The Balaban J connectivity index is 0.00000361. The molecule has 3 nitrogen and oxygen atoms in total. The number of carbonyl (C=O) groups excluding carboxylic acids is 1. The monoisotopic (exact) mass is 298 g/mol. The highest BCUT2D eigenvalue weighted by Gasteiger charge is 2.15. The first-order valence-corrected chi connectivity index (χ1v) is 7.22. The maximum absolute atomic E-state index is 12.3. The second-order valence-corrected chi connectivity index (χ2v) is 5.03. The molecule has 0 unspecified atom stereocenters. The summed E-state index contributed by atoms with van der Waals surface area (Å²) < 4.78 is 0. The molecule has 1 aromatic carbocycles. The summed E-state index contributed by atoms with van der Waals surface area (Å²) in [6.07, 6.45) is 2.72. The van der Waals surface area contributed by atoms with Crippen LogP contribution in [0.4, 0.5) is 5.69 Å². The fraction of sp³-hybridized carbons (Fsp3) is 0.562. The SMILES string of the molecule is CCC(CC)CN(CC)C(=O)Cc1ccc(N)cc1.Cl. The van der Waals surface area contributed by atoms with Crippen molar-refractivity contribution in [3.63, 3.8) is 0 Å². The van der Waals surface area contributed by atoms with E-state index in [0.29, 0.717) is 12.3 Å². The Kier molecular flexibility index (Phi) is 9.06. The normalized spacial score (nSPS) is 10.2. The van der Waals surface area contributed by atoms with Crippen LogP contribution in [0, 0.1) is 5.92 Å². The van der Waals surface area contributed by atoms with E-state index in [9.17, 15) is 4.79 Å². The second kappa shape index (κ2) is 9.65. The fourth-order valence-electron chi connectivity index (χ4n) is 2.19. The lowest BCUT2D eigenvalue weighted by molar-refractivity contribution is -0.130. The number of hydrogen-bond donors (Lipinski definition) is 1. The number of hydrogen-bond acceptors (Lipinski definition) is 2. The molecule has 4 heteroatoms. The molecule has 0 saturated heterocycles. The summed E-state index contributed by atoms with van der Waals surface area (Å²) in [6.45, 7) is 8.07. The molecule has 0 radical (unpaired) electrons. The van der Waals surface area contributed by atoms with E-state index >= 15 is 0 Å². The fourth-order valence-corrected chi connectivity index (χ4v) is 2.19. The number of anilines is 1. The number of amides is 1. The van der Waals surface area contributed by atoms with Crippen LogP contribution in [0.15, 0.2) is 24.3 Å². The van der Waals surface area contributed by atoms with Gasteiger partial charge in [0.15, 0.2) is 0 Å². The standard InChI is InChI=1S/C16H26N2O.ClH/c1-4-13(5-2)12-18(6-3)16(19)11-14-7-9-15(17)10-8-14;/h7-10,13H,4-6,11-12,17H2,1-3H3;1H. The minimum atomic E-state index is 0. The van der Waals surface area contributed by atoms with Gasteiger partial charge in [-0.1, -0.05) is 38.8 Å². The van der Waals surface area contributed by atoms with E-state index in [1.54, 1.807) is 0 Å². The van der Waals surface area contributed by atoms with E-state index in [0.717, 1.165) is 37.2 Å². The van der Waals surface area contributed by atoms with Crippen molar-refractivity contribution >= 4 is 24.0 Å². The Morgan fingerprint density at radius 2 is 1.70 bits per heavy atom. The van der Waals surface area contributed by atoms with Gasteiger partial charge in [-0.25, -0.2) is 0 Å². The molecule has 0 bridgehead atoms. The van der Waals surface area contributed by atoms with E-state index in [2.05, 4.69) is 13.8 Å². The third-order valence-corrected chi connectivity index (χ3v) is 3.70. The van der Waals surface area contributed by atoms with Crippen molar-refractivity contribution in [1.82, 2.24) is 4.90 Å². The van der Waals surface area contributed by atoms with Crippen molar-refractivity contribution in [3.8, 4) is 0 Å². The van der Waals surface area contributed by atoms with E-state index in [4.69, 9.17) is 5.73 Å². The summed E-state index contributed by atoms with van der Waals surface area (Å²) in [6, 6.07) is 7.55. The first kappa shape index (κ1) is 18.8. The van der Waals surface area contributed by atoms with Gasteiger partial charge in [0.2, 0.25) is 5.91 Å². The molecule has 0 spiro atoms. The van der Waals surface area contributed by atoms with Crippen molar-refractivity contribution in [3.05, 3.63) is 29.8 Å². The van der Waals surface area contributed by atoms with Crippen LogP contribution in [0.2, 0.25) is 0 Å². The van der Waals surface area contributed by atoms with E-state index in [-0.39, 0.29) is 18.3 Å². The largest absolute Gasteiger partial charge is 0.399 e. The lowest BCUT2D eigenvalue weighted by atomic mass is 10.0. The molecule has 0 atom stereocenters. The van der Waals surface area contributed by atoms with Crippen LogP contribution in [0.5, 0.6) is 0 Å². The van der Waals surface area contributed by atoms with Gasteiger partial charge in [0, 0.05) is 18.8 Å². The maximum atomic E-state index is 12.3. The zero-order valence-electron chi connectivity index (χ0n) is 12.8. The molecule has 0 aromatic heterocycles. The minimum Gasteiger partial charge on any atom is -0.399 e. The molecule has 1 rings (SSSR count). The van der Waals surface area contributed by atoms with Gasteiger partial charge >= 0.3 is 0 Å². The number of halogens is 1. The molecule has 114 valence electrons. The quantitative estimate of drug-likeness (QED) is 0.783. The van der Waals surface area contributed by atoms with Crippen molar-refractivity contribution in [2.24, 2.45) is 5.92 Å². The molecule has 0 heterocycles. The highest BCUT2D eigenvalue weighted by atomic mass is 35.5. The zero-order chi connectivity index (χ0) is 14.3. The average molecular weight is 299 g/mol. The highest BCUT2D eigenvalue weighted by Crippen LogP contribution is 2.12. The third-order valence-electron chi connectivity index (χ3n) is 3.70. The summed E-state index contributed by atoms with van der Waals surface area (Å²) in [4.78, 5) is 14.3. The third kappa shape index (κ3) is 5.83. The molecule has 0 aliphatic heterocycles. The Morgan fingerprint density at radius 1 is 1.15 bits per heavy atom. The molecule has 0 saturated carbocycles. The summed E-state index contributed by atoms with van der Waals surface area (Å²) in [5, 5.41) is 0. The lowest BCUT2D eigenvalue weighted by Gasteiger charge is -2.25. The number of benzene rings is 1. The van der Waals surface area contributed by atoms with Crippen LogP contribution in [0.25, 0.3) is 0 Å². The van der Waals surface area contributed by atoms with Crippen LogP contribution < -0.4 is 5.73 Å². The van der Waals surface area contributed by atoms with Crippen LogP contribution in [0.3, 0.4) is 0 Å². The van der Waals surface area contributed by atoms with Crippen molar-refractivity contribution in [2.45, 2.75) is 40.0 Å². The molecule has 2 N–H and O–H groups in total. The molecule has 1 amide bonds. The molecular formula is C16H27ClN2O. The average Bonchev–Trinajstić information content (AvgIpc) is 2.42. The predicted molar refractivity (Wildman–Crippen MR) is 88.1 cm³/mol. The highest BCUT2D eigenvalue weighted by molar-refractivity contribution is 5.85. The van der Waals surface area contributed by atoms with Gasteiger partial charge in [-0.05, 0) is 30.5 Å². The lowest BCUT2D eigenvalue weighted by Crippen LogP contribution is -2.36. The maximum Gasteiger partial charge on any atom is 0.226 e. The predicted octanol–water partition coefficient (Wildman–Crippen LogP) is 3.52. The van der Waals surface area contributed by atoms with Gasteiger partial charge in [-0.3, -0.25) is 4.79 Å². The van der Waals surface area contributed by atoms with Crippen LogP contribution in [-0.4, -0.2) is 23.9 Å². The summed E-state index contributed by atoms with van der Waals surface area (Å²) in [5.41, 5.74) is 7.42. The first-order chi connectivity index (χ1) is 9.10. The van der Waals surface area contributed by atoms with Crippen molar-refractivity contribution in [2.75, 3.05) is 18.8 Å². The summed E-state index contributed by atoms with van der Waals surface area (Å²) in [5.74, 6) is 0.814. The number of rotatable bonds is 7. The van der Waals surface area contributed by atoms with Gasteiger partial charge < -0.3 is 10.6 Å². The number of carbonyl (C=O) groups is 1. The molecule has 20 heavy (non-hydrogen) atoms. The molecular weight excluding hydrogens is 272 g/mol. The number of nitrogens with two attached hydrogens (primary N) is 1. The topological polar surface area (TPSA) is 46.3 Å². The summed E-state index contributed by atoms with van der Waals surface area (Å²) in [7, 11) is 0. The smallest absolute Gasteiger partial charge is 0.226 e. The number of nitrogen functional groups attached to an aromatic ring is 1. The summed E-state index contributed by atoms with van der Waals surface area (Å²) >= 11 is 0.